The zero-order valence-electron chi connectivity index (χ0n) is 13.6. The first-order valence-electron chi connectivity index (χ1n) is 7.07. The van der Waals surface area contributed by atoms with Gasteiger partial charge in [0.1, 0.15) is 5.69 Å². The van der Waals surface area contributed by atoms with Crippen LogP contribution in [-0.2, 0) is 4.74 Å². The average Bonchev–Trinajstić information content (AvgIpc) is 2.84. The van der Waals surface area contributed by atoms with Crippen molar-refractivity contribution in [2.24, 2.45) is 0 Å². The maximum atomic E-state index is 13.7. The Balaban J connectivity index is 2.23. The number of anilines is 1. The van der Waals surface area contributed by atoms with Crippen molar-refractivity contribution in [1.29, 1.82) is 0 Å². The highest BCUT2D eigenvalue weighted by atomic mass is 19.3. The fourth-order valence-electron chi connectivity index (χ4n) is 2.35. The number of aryl methyl sites for hydroxylation is 1. The van der Waals surface area contributed by atoms with Crippen molar-refractivity contribution < 1.29 is 32.2 Å². The summed E-state index contributed by atoms with van der Waals surface area (Å²) in [6.45, 7) is 0.00742. The van der Waals surface area contributed by atoms with Gasteiger partial charge in [0.2, 0.25) is 0 Å². The van der Waals surface area contributed by atoms with Gasteiger partial charge in [0.15, 0.2) is 11.6 Å². The molecule has 0 saturated heterocycles. The molecule has 6 nitrogen and oxygen atoms in total. The van der Waals surface area contributed by atoms with E-state index in [1.165, 1.54) is 13.2 Å². The first kappa shape index (κ1) is 18.4. The second kappa shape index (κ2) is 7.29. The first-order valence-corrected chi connectivity index (χ1v) is 7.07. The Hall–Kier alpha value is -2.97. The van der Waals surface area contributed by atoms with Gasteiger partial charge in [-0.2, -0.15) is 8.78 Å². The number of nitrogens with one attached hydrogen (secondary N) is 2. The Morgan fingerprint density at radius 3 is 2.48 bits per heavy atom. The van der Waals surface area contributed by atoms with E-state index in [9.17, 15) is 22.8 Å². The summed E-state index contributed by atoms with van der Waals surface area (Å²) in [5.41, 5.74) is 1.20. The average molecular weight is 356 g/mol. The van der Waals surface area contributed by atoms with Gasteiger partial charge >= 0.3 is 12.6 Å². The van der Waals surface area contributed by atoms with Gasteiger partial charge in [-0.1, -0.05) is 0 Å². The molecule has 0 saturated carbocycles. The number of H-pyrrole nitrogens is 1. The molecule has 1 amide bonds. The molecule has 2 N–H and O–H groups in total. The van der Waals surface area contributed by atoms with Gasteiger partial charge in [-0.25, -0.2) is 9.18 Å². The summed E-state index contributed by atoms with van der Waals surface area (Å²) in [5, 5.41) is 2.41. The molecule has 1 heterocycles. The largest absolute Gasteiger partial charge is 0.465 e. The second-order valence-corrected chi connectivity index (χ2v) is 5.09. The van der Waals surface area contributed by atoms with Crippen molar-refractivity contribution in [2.45, 2.75) is 20.5 Å². The standard InChI is InChI=1S/C16H15F3N2O4/c1-7-12(15(23)24-3)8(2)20-13(7)14(22)21-9-4-5-11(10(17)6-9)25-16(18)19/h4-6,16,20H,1-3H3,(H,21,22). The number of benzene rings is 1. The van der Waals surface area contributed by atoms with Crippen LogP contribution in [0.3, 0.4) is 0 Å². The first-order chi connectivity index (χ1) is 11.7. The Labute approximate surface area is 140 Å². The predicted octanol–water partition coefficient (Wildman–Crippen LogP) is 3.41. The molecule has 0 aliphatic carbocycles. The third-order valence-corrected chi connectivity index (χ3v) is 3.46. The number of halogens is 3. The number of ether oxygens (including phenoxy) is 2. The van der Waals surface area contributed by atoms with Crippen molar-refractivity contribution in [3.63, 3.8) is 0 Å². The fourth-order valence-corrected chi connectivity index (χ4v) is 2.35. The molecule has 0 aliphatic heterocycles. The maximum Gasteiger partial charge on any atom is 0.387 e. The van der Waals surface area contributed by atoms with Crippen LogP contribution in [0.15, 0.2) is 18.2 Å². The third kappa shape index (κ3) is 3.93. The smallest absolute Gasteiger partial charge is 0.387 e. The molecule has 9 heteroatoms. The third-order valence-electron chi connectivity index (χ3n) is 3.46. The van der Waals surface area contributed by atoms with Crippen molar-refractivity contribution in [3.05, 3.63) is 46.5 Å². The number of carbonyl (C=O) groups excluding carboxylic acids is 2. The molecular weight excluding hydrogens is 341 g/mol. The van der Waals surface area contributed by atoms with E-state index in [0.717, 1.165) is 12.1 Å². The molecule has 0 fully saturated rings. The van der Waals surface area contributed by atoms with Crippen molar-refractivity contribution >= 4 is 17.6 Å². The van der Waals surface area contributed by atoms with Crippen LogP contribution in [-0.4, -0.2) is 30.6 Å². The molecule has 2 rings (SSSR count). The predicted molar refractivity (Wildman–Crippen MR) is 82.6 cm³/mol. The van der Waals surface area contributed by atoms with E-state index in [2.05, 4.69) is 19.8 Å². The molecular formula is C16H15F3N2O4. The van der Waals surface area contributed by atoms with Gasteiger partial charge in [-0.3, -0.25) is 4.79 Å². The van der Waals surface area contributed by atoms with E-state index >= 15 is 0 Å². The summed E-state index contributed by atoms with van der Waals surface area (Å²) in [6.07, 6.45) is 0. The lowest BCUT2D eigenvalue weighted by atomic mass is 10.1. The lowest BCUT2D eigenvalue weighted by Gasteiger charge is -2.09. The van der Waals surface area contributed by atoms with Crippen molar-refractivity contribution in [3.8, 4) is 5.75 Å². The fraction of sp³-hybridized carbons (Fsp3) is 0.250. The number of carbonyl (C=O) groups is 2. The minimum atomic E-state index is -3.16. The van der Waals surface area contributed by atoms with Crippen LogP contribution in [0.4, 0.5) is 18.9 Å². The molecule has 2 aromatic rings. The van der Waals surface area contributed by atoms with Gasteiger partial charge in [0.25, 0.3) is 5.91 Å². The van der Waals surface area contributed by atoms with Gasteiger partial charge < -0.3 is 19.8 Å². The normalized spacial score (nSPS) is 10.7. The topological polar surface area (TPSA) is 80.4 Å². The van der Waals surface area contributed by atoms with E-state index in [-0.39, 0.29) is 16.9 Å². The lowest BCUT2D eigenvalue weighted by Crippen LogP contribution is -2.14. The summed E-state index contributed by atoms with van der Waals surface area (Å²) in [5.74, 6) is -2.90. The zero-order valence-corrected chi connectivity index (χ0v) is 13.6. The van der Waals surface area contributed by atoms with Crippen molar-refractivity contribution in [2.75, 3.05) is 12.4 Å². The van der Waals surface area contributed by atoms with E-state index in [4.69, 9.17) is 0 Å². The van der Waals surface area contributed by atoms with E-state index < -0.39 is 30.1 Å². The summed E-state index contributed by atoms with van der Waals surface area (Å²) in [7, 11) is 1.22. The number of aromatic nitrogens is 1. The number of methoxy groups -OCH3 is 1. The van der Waals surface area contributed by atoms with E-state index in [1.807, 2.05) is 0 Å². The van der Waals surface area contributed by atoms with E-state index in [0.29, 0.717) is 11.3 Å². The van der Waals surface area contributed by atoms with Crippen LogP contribution in [0.5, 0.6) is 5.75 Å². The number of alkyl halides is 2. The number of aromatic amines is 1. The molecule has 0 spiro atoms. The molecule has 0 atom stereocenters. The molecule has 0 unspecified atom stereocenters. The molecule has 25 heavy (non-hydrogen) atoms. The number of rotatable bonds is 5. The highest BCUT2D eigenvalue weighted by Gasteiger charge is 2.22. The minimum absolute atomic E-state index is 0.0374. The van der Waals surface area contributed by atoms with Crippen LogP contribution in [0.25, 0.3) is 0 Å². The van der Waals surface area contributed by atoms with Gasteiger partial charge in [-0.05, 0) is 31.5 Å². The SMILES string of the molecule is COC(=O)c1c(C)[nH]c(C(=O)Nc2ccc(OC(F)F)c(F)c2)c1C. The quantitative estimate of drug-likeness (QED) is 0.805. The molecule has 0 aliphatic rings. The highest BCUT2D eigenvalue weighted by Crippen LogP contribution is 2.24. The van der Waals surface area contributed by atoms with Gasteiger partial charge in [-0.15, -0.1) is 0 Å². The number of amides is 1. The van der Waals surface area contributed by atoms with Gasteiger partial charge in [0.05, 0.1) is 12.7 Å². The molecule has 1 aromatic carbocycles. The van der Waals surface area contributed by atoms with Crippen LogP contribution in [0.2, 0.25) is 0 Å². The van der Waals surface area contributed by atoms with E-state index in [1.54, 1.807) is 13.8 Å². The number of esters is 1. The zero-order chi connectivity index (χ0) is 18.7. The monoisotopic (exact) mass is 356 g/mol. The van der Waals surface area contributed by atoms with Crippen LogP contribution in [0.1, 0.15) is 32.1 Å². The van der Waals surface area contributed by atoms with Crippen molar-refractivity contribution in [1.82, 2.24) is 4.98 Å². The number of hydrogen-bond donors (Lipinski definition) is 2. The summed E-state index contributed by atoms with van der Waals surface area (Å²) >= 11 is 0. The van der Waals surface area contributed by atoms with Crippen LogP contribution < -0.4 is 10.1 Å². The minimum Gasteiger partial charge on any atom is -0.465 e. The summed E-state index contributed by atoms with van der Waals surface area (Å²) < 4.78 is 46.5. The molecule has 0 bridgehead atoms. The number of hydrogen-bond acceptors (Lipinski definition) is 4. The van der Waals surface area contributed by atoms with Gasteiger partial charge in [0, 0.05) is 17.4 Å². The molecule has 1 aromatic heterocycles. The van der Waals surface area contributed by atoms with Crippen LogP contribution >= 0.6 is 0 Å². The molecule has 0 radical (unpaired) electrons. The Kier molecular flexibility index (Phi) is 5.35. The maximum absolute atomic E-state index is 13.7. The Morgan fingerprint density at radius 2 is 1.92 bits per heavy atom. The highest BCUT2D eigenvalue weighted by molar-refractivity contribution is 6.06. The summed E-state index contributed by atoms with van der Waals surface area (Å²) in [4.78, 5) is 26.8. The second-order valence-electron chi connectivity index (χ2n) is 5.09. The van der Waals surface area contributed by atoms with Crippen LogP contribution in [0, 0.1) is 19.7 Å². The Bertz CT molecular complexity index is 818. The Morgan fingerprint density at radius 1 is 1.24 bits per heavy atom. The molecule has 134 valence electrons. The summed E-state index contributed by atoms with van der Waals surface area (Å²) in [6, 6.07) is 3.04. The lowest BCUT2D eigenvalue weighted by molar-refractivity contribution is -0.0521.